The van der Waals surface area contributed by atoms with Gasteiger partial charge in [-0.05, 0) is 56.8 Å². The second kappa shape index (κ2) is 7.32. The van der Waals surface area contributed by atoms with E-state index in [1.807, 2.05) is 18.2 Å². The maximum absolute atomic E-state index is 6.66. The Bertz CT molecular complexity index is 466. The van der Waals surface area contributed by atoms with Gasteiger partial charge in [-0.3, -0.25) is 4.90 Å². The molecule has 0 spiro atoms. The Kier molecular flexibility index (Phi) is 5.96. The SMILES string of the molecule is CCC(CC)(C(N)Cc1cccc(Cl)c1Cl)N1CCCC1. The van der Waals surface area contributed by atoms with E-state index >= 15 is 0 Å². The summed E-state index contributed by atoms with van der Waals surface area (Å²) in [5, 5.41) is 1.26. The largest absolute Gasteiger partial charge is 0.326 e. The van der Waals surface area contributed by atoms with Crippen LogP contribution < -0.4 is 5.73 Å². The number of likely N-dealkylation sites (tertiary alicyclic amines) is 1. The summed E-state index contributed by atoms with van der Waals surface area (Å²) >= 11 is 12.5. The zero-order valence-corrected chi connectivity index (χ0v) is 14.6. The average Bonchev–Trinajstić information content (AvgIpc) is 3.00. The molecule has 0 bridgehead atoms. The number of hydrogen-bond acceptors (Lipinski definition) is 2. The highest BCUT2D eigenvalue weighted by atomic mass is 35.5. The lowest BCUT2D eigenvalue weighted by atomic mass is 9.80. The molecule has 1 unspecified atom stereocenters. The van der Waals surface area contributed by atoms with Crippen LogP contribution in [-0.4, -0.2) is 29.6 Å². The molecule has 118 valence electrons. The molecule has 0 radical (unpaired) electrons. The monoisotopic (exact) mass is 328 g/mol. The van der Waals surface area contributed by atoms with Gasteiger partial charge in [0, 0.05) is 11.6 Å². The van der Waals surface area contributed by atoms with Crippen LogP contribution in [0.3, 0.4) is 0 Å². The molecule has 21 heavy (non-hydrogen) atoms. The number of nitrogens with two attached hydrogens (primary N) is 1. The summed E-state index contributed by atoms with van der Waals surface area (Å²) in [6.07, 6.45) is 5.49. The van der Waals surface area contributed by atoms with Gasteiger partial charge in [-0.1, -0.05) is 49.2 Å². The highest BCUT2D eigenvalue weighted by Crippen LogP contribution is 2.34. The van der Waals surface area contributed by atoms with E-state index in [0.29, 0.717) is 10.0 Å². The standard InChI is InChI=1S/C17H26Cl2N2/c1-3-17(4-2,21-10-5-6-11-21)15(20)12-13-8-7-9-14(18)16(13)19/h7-9,15H,3-6,10-12,20H2,1-2H3. The van der Waals surface area contributed by atoms with E-state index in [9.17, 15) is 0 Å². The van der Waals surface area contributed by atoms with E-state index in [1.165, 1.54) is 25.9 Å². The van der Waals surface area contributed by atoms with Gasteiger partial charge in [0.25, 0.3) is 0 Å². The summed E-state index contributed by atoms with van der Waals surface area (Å²) in [6.45, 7) is 6.83. The molecule has 1 fully saturated rings. The number of benzene rings is 1. The molecule has 1 atom stereocenters. The molecule has 1 aliphatic heterocycles. The summed E-state index contributed by atoms with van der Waals surface area (Å²) in [7, 11) is 0. The van der Waals surface area contributed by atoms with Crippen LogP contribution >= 0.6 is 23.2 Å². The fourth-order valence-corrected chi connectivity index (χ4v) is 4.15. The van der Waals surface area contributed by atoms with Crippen molar-refractivity contribution in [2.24, 2.45) is 5.73 Å². The molecular formula is C17H26Cl2N2. The highest BCUT2D eigenvalue weighted by Gasteiger charge is 2.40. The normalized spacial score (nSPS) is 18.1. The lowest BCUT2D eigenvalue weighted by Crippen LogP contribution is -2.59. The van der Waals surface area contributed by atoms with Gasteiger partial charge in [-0.15, -0.1) is 0 Å². The van der Waals surface area contributed by atoms with Crippen LogP contribution in [0.4, 0.5) is 0 Å². The average molecular weight is 329 g/mol. The molecule has 0 aromatic heterocycles. The Morgan fingerprint density at radius 2 is 1.81 bits per heavy atom. The second-order valence-corrected chi connectivity index (χ2v) is 6.81. The lowest BCUT2D eigenvalue weighted by Gasteiger charge is -2.45. The number of hydrogen-bond donors (Lipinski definition) is 1. The molecule has 4 heteroatoms. The molecule has 2 rings (SSSR count). The first-order valence-electron chi connectivity index (χ1n) is 7.98. The third-order valence-corrected chi connectivity index (χ3v) is 5.98. The van der Waals surface area contributed by atoms with Crippen LogP contribution in [-0.2, 0) is 6.42 Å². The molecule has 1 aromatic carbocycles. The third-order valence-electron chi connectivity index (χ3n) is 5.12. The summed E-state index contributed by atoms with van der Waals surface area (Å²) in [5.41, 5.74) is 7.79. The Morgan fingerprint density at radius 1 is 1.19 bits per heavy atom. The van der Waals surface area contributed by atoms with E-state index in [4.69, 9.17) is 28.9 Å². The van der Waals surface area contributed by atoms with Crippen molar-refractivity contribution in [1.82, 2.24) is 4.90 Å². The van der Waals surface area contributed by atoms with Crippen LogP contribution in [0.2, 0.25) is 10.0 Å². The molecule has 1 saturated heterocycles. The van der Waals surface area contributed by atoms with E-state index in [2.05, 4.69) is 18.7 Å². The zero-order valence-electron chi connectivity index (χ0n) is 13.0. The predicted molar refractivity (Wildman–Crippen MR) is 92.3 cm³/mol. The Balaban J connectivity index is 2.22. The van der Waals surface area contributed by atoms with Crippen molar-refractivity contribution in [2.75, 3.05) is 13.1 Å². The lowest BCUT2D eigenvalue weighted by molar-refractivity contribution is 0.0768. The zero-order chi connectivity index (χ0) is 15.5. The fourth-order valence-electron chi connectivity index (χ4n) is 3.75. The molecule has 1 heterocycles. The number of nitrogens with zero attached hydrogens (tertiary/aromatic N) is 1. The maximum Gasteiger partial charge on any atom is 0.0624 e. The van der Waals surface area contributed by atoms with Gasteiger partial charge in [0.15, 0.2) is 0 Å². The van der Waals surface area contributed by atoms with Crippen LogP contribution in [0.1, 0.15) is 45.1 Å². The Hall–Kier alpha value is -0.280. The van der Waals surface area contributed by atoms with Crippen LogP contribution in [0.5, 0.6) is 0 Å². The summed E-state index contributed by atoms with van der Waals surface area (Å²) in [5.74, 6) is 0. The minimum atomic E-state index is 0.0709. The third kappa shape index (κ3) is 3.39. The minimum absolute atomic E-state index is 0.0709. The first-order chi connectivity index (χ1) is 10.0. The summed E-state index contributed by atoms with van der Waals surface area (Å²) < 4.78 is 0. The molecule has 1 aliphatic rings. The van der Waals surface area contributed by atoms with E-state index in [0.717, 1.165) is 24.8 Å². The maximum atomic E-state index is 6.66. The van der Waals surface area contributed by atoms with Crippen molar-refractivity contribution < 1.29 is 0 Å². The van der Waals surface area contributed by atoms with Crippen molar-refractivity contribution >= 4 is 23.2 Å². The molecular weight excluding hydrogens is 303 g/mol. The van der Waals surface area contributed by atoms with Gasteiger partial charge in [0.1, 0.15) is 0 Å². The van der Waals surface area contributed by atoms with Crippen molar-refractivity contribution in [3.05, 3.63) is 33.8 Å². The van der Waals surface area contributed by atoms with Gasteiger partial charge in [0.2, 0.25) is 0 Å². The van der Waals surface area contributed by atoms with Crippen molar-refractivity contribution in [3.63, 3.8) is 0 Å². The van der Waals surface area contributed by atoms with E-state index in [-0.39, 0.29) is 11.6 Å². The van der Waals surface area contributed by atoms with Gasteiger partial charge >= 0.3 is 0 Å². The van der Waals surface area contributed by atoms with Crippen LogP contribution in [0.25, 0.3) is 0 Å². The topological polar surface area (TPSA) is 29.3 Å². The molecule has 0 saturated carbocycles. The second-order valence-electron chi connectivity index (χ2n) is 6.03. The molecule has 1 aromatic rings. The first-order valence-corrected chi connectivity index (χ1v) is 8.74. The van der Waals surface area contributed by atoms with E-state index < -0.39 is 0 Å². The van der Waals surface area contributed by atoms with Gasteiger partial charge in [-0.2, -0.15) is 0 Å². The van der Waals surface area contributed by atoms with Gasteiger partial charge in [-0.25, -0.2) is 0 Å². The smallest absolute Gasteiger partial charge is 0.0624 e. The van der Waals surface area contributed by atoms with Crippen LogP contribution in [0, 0.1) is 0 Å². The molecule has 2 nitrogen and oxygen atoms in total. The first kappa shape index (κ1) is 17.1. The highest BCUT2D eigenvalue weighted by molar-refractivity contribution is 6.42. The molecule has 0 amide bonds. The van der Waals surface area contributed by atoms with Crippen molar-refractivity contribution in [2.45, 2.75) is 57.5 Å². The van der Waals surface area contributed by atoms with Gasteiger partial charge in [0.05, 0.1) is 10.0 Å². The fraction of sp³-hybridized carbons (Fsp3) is 0.647. The van der Waals surface area contributed by atoms with Crippen molar-refractivity contribution in [1.29, 1.82) is 0 Å². The summed E-state index contributed by atoms with van der Waals surface area (Å²) in [6, 6.07) is 5.88. The Labute approximate surface area is 138 Å². The van der Waals surface area contributed by atoms with Crippen LogP contribution in [0.15, 0.2) is 18.2 Å². The number of halogens is 2. The van der Waals surface area contributed by atoms with Crippen molar-refractivity contribution in [3.8, 4) is 0 Å². The Morgan fingerprint density at radius 3 is 2.38 bits per heavy atom. The molecule has 0 aliphatic carbocycles. The minimum Gasteiger partial charge on any atom is -0.326 e. The quantitative estimate of drug-likeness (QED) is 0.831. The summed E-state index contributed by atoms with van der Waals surface area (Å²) in [4.78, 5) is 2.59. The van der Waals surface area contributed by atoms with E-state index in [1.54, 1.807) is 0 Å². The molecule has 2 N–H and O–H groups in total. The van der Waals surface area contributed by atoms with Gasteiger partial charge < -0.3 is 5.73 Å². The predicted octanol–water partition coefficient (Wildman–Crippen LogP) is 4.52. The number of rotatable bonds is 6.